The molecular weight excluding hydrogens is 710 g/mol. The van der Waals surface area contributed by atoms with E-state index in [4.69, 9.17) is 19.0 Å². The average Bonchev–Trinajstić information content (AvgIpc) is 3.43. The molecule has 2 aromatic carbocycles. The minimum Gasteiger partial charge on any atom is -0.511 e. The molecule has 2 saturated heterocycles. The molecule has 15 nitrogen and oxygen atoms in total. The SMILES string of the molecule is CCO/N=C(\CC)C1=C(O)CC(c2ccc(OCCOCCOCCN3CCN(c4ccc5c(c4)C(=O)N(C4CCC(=O)NC4=O)C5=O)CC3)cc2)CC1=O. The Kier molecular flexibility index (Phi) is 13.3. The summed E-state index contributed by atoms with van der Waals surface area (Å²) in [5, 5.41) is 16.9. The quantitative estimate of drug-likeness (QED) is 0.104. The van der Waals surface area contributed by atoms with Crippen molar-refractivity contribution in [3.8, 4) is 5.75 Å². The summed E-state index contributed by atoms with van der Waals surface area (Å²) in [5.41, 5.74) is 3.12. The Hall–Kier alpha value is -5.12. The zero-order valence-corrected chi connectivity index (χ0v) is 31.4. The number of ketones is 1. The second-order valence-corrected chi connectivity index (χ2v) is 13.8. The van der Waals surface area contributed by atoms with Gasteiger partial charge in [-0.25, -0.2) is 0 Å². The third-order valence-electron chi connectivity index (χ3n) is 10.3. The number of imide groups is 2. The van der Waals surface area contributed by atoms with Crippen LogP contribution in [-0.4, -0.2) is 128 Å². The van der Waals surface area contributed by atoms with Crippen LogP contribution >= 0.6 is 0 Å². The first-order chi connectivity index (χ1) is 26.7. The van der Waals surface area contributed by atoms with Crippen molar-refractivity contribution < 1.29 is 48.1 Å². The molecule has 0 bridgehead atoms. The van der Waals surface area contributed by atoms with Crippen molar-refractivity contribution in [3.63, 3.8) is 0 Å². The predicted octanol–water partition coefficient (Wildman–Crippen LogP) is 3.38. The molecule has 2 N–H and O–H groups in total. The van der Waals surface area contributed by atoms with Crippen molar-refractivity contribution in [3.05, 3.63) is 70.5 Å². The molecule has 2 fully saturated rings. The maximum absolute atomic E-state index is 13.2. The second-order valence-electron chi connectivity index (χ2n) is 13.8. The van der Waals surface area contributed by atoms with E-state index in [-0.39, 0.29) is 47.0 Å². The van der Waals surface area contributed by atoms with Crippen molar-refractivity contribution in [2.75, 3.05) is 77.3 Å². The number of ether oxygens (including phenoxy) is 3. The van der Waals surface area contributed by atoms with E-state index >= 15 is 0 Å². The maximum atomic E-state index is 13.2. The fourth-order valence-electron chi connectivity index (χ4n) is 7.34. The van der Waals surface area contributed by atoms with Crippen molar-refractivity contribution in [1.29, 1.82) is 0 Å². The van der Waals surface area contributed by atoms with Crippen molar-refractivity contribution in [1.82, 2.24) is 15.1 Å². The number of fused-ring (bicyclic) bond motifs is 1. The van der Waals surface area contributed by atoms with Gasteiger partial charge in [0.25, 0.3) is 11.8 Å². The fraction of sp³-hybridized carbons (Fsp3) is 0.500. The molecule has 2 atom stereocenters. The van der Waals surface area contributed by atoms with Gasteiger partial charge in [0.2, 0.25) is 11.8 Å². The monoisotopic (exact) mass is 759 g/mol. The maximum Gasteiger partial charge on any atom is 0.262 e. The molecule has 15 heteroatoms. The summed E-state index contributed by atoms with van der Waals surface area (Å²) < 4.78 is 17.3. The molecule has 3 heterocycles. The highest BCUT2D eigenvalue weighted by molar-refractivity contribution is 6.24. The number of nitrogens with one attached hydrogen (secondary N) is 1. The molecular formula is C40H49N5O10. The fourth-order valence-corrected chi connectivity index (χ4v) is 7.34. The molecule has 2 aromatic rings. The lowest BCUT2D eigenvalue weighted by molar-refractivity contribution is -0.136. The molecule has 1 aliphatic carbocycles. The number of aliphatic hydroxyl groups excluding tert-OH is 1. The lowest BCUT2D eigenvalue weighted by Gasteiger charge is -2.36. The molecule has 4 aliphatic rings. The van der Waals surface area contributed by atoms with E-state index in [1.807, 2.05) is 44.2 Å². The van der Waals surface area contributed by atoms with Gasteiger partial charge in [0.15, 0.2) is 5.78 Å². The van der Waals surface area contributed by atoms with Crippen LogP contribution in [0.1, 0.15) is 78.1 Å². The number of aliphatic hydroxyl groups is 1. The molecule has 3 aliphatic heterocycles. The number of oxime groups is 1. The summed E-state index contributed by atoms with van der Waals surface area (Å²) in [6.45, 7) is 10.2. The zero-order chi connectivity index (χ0) is 38.9. The Bertz CT molecular complexity index is 1820. The molecule has 0 aromatic heterocycles. The number of hydrogen-bond donors (Lipinski definition) is 2. The summed E-state index contributed by atoms with van der Waals surface area (Å²) in [6.07, 6.45) is 1.36. The number of piperazine rings is 1. The Labute approximate surface area is 320 Å². The van der Waals surface area contributed by atoms with Crippen LogP contribution in [0.3, 0.4) is 0 Å². The molecule has 0 radical (unpaired) electrons. The van der Waals surface area contributed by atoms with E-state index in [2.05, 4.69) is 20.3 Å². The molecule has 55 heavy (non-hydrogen) atoms. The Morgan fingerprint density at radius 1 is 0.855 bits per heavy atom. The van der Waals surface area contributed by atoms with Gasteiger partial charge in [0, 0.05) is 57.7 Å². The molecule has 4 amide bonds. The van der Waals surface area contributed by atoms with E-state index in [0.717, 1.165) is 48.9 Å². The van der Waals surface area contributed by atoms with Crippen LogP contribution in [0.25, 0.3) is 0 Å². The third kappa shape index (κ3) is 9.40. The summed E-state index contributed by atoms with van der Waals surface area (Å²) in [6, 6.07) is 11.8. The lowest BCUT2D eigenvalue weighted by atomic mass is 9.81. The number of rotatable bonds is 17. The van der Waals surface area contributed by atoms with Crippen molar-refractivity contribution in [2.24, 2.45) is 5.16 Å². The van der Waals surface area contributed by atoms with Crippen molar-refractivity contribution >= 4 is 40.8 Å². The first kappa shape index (κ1) is 39.6. The Morgan fingerprint density at radius 2 is 1.56 bits per heavy atom. The minimum atomic E-state index is -0.981. The predicted molar refractivity (Wildman–Crippen MR) is 201 cm³/mol. The number of carbonyl (C=O) groups excluding carboxylic acids is 5. The average molecular weight is 760 g/mol. The van der Waals surface area contributed by atoms with Gasteiger partial charge in [-0.05, 0) is 61.6 Å². The van der Waals surface area contributed by atoms with Crippen LogP contribution in [0, 0.1) is 0 Å². The van der Waals surface area contributed by atoms with Crippen LogP contribution in [0.15, 0.2) is 59.0 Å². The standard InChI is InChI=1S/C40H49N5O10/c1-3-32(42-55-4-2)37-34(46)23-27(24-35(37)47)26-5-8-29(9-6-26)54-22-21-53-20-19-52-18-17-43-13-15-44(16-14-43)28-7-10-30-31(25-28)40(51)45(39(30)50)33-11-12-36(48)41-38(33)49/h5-10,25,27,33,46H,3-4,11-24H2,1-2H3,(H,41,48,49)/b42-32+. The summed E-state index contributed by atoms with van der Waals surface area (Å²) in [5.74, 6) is -1.54. The zero-order valence-electron chi connectivity index (χ0n) is 31.4. The molecule has 0 saturated carbocycles. The molecule has 2 unspecified atom stereocenters. The topological polar surface area (TPSA) is 177 Å². The number of amides is 4. The van der Waals surface area contributed by atoms with E-state index in [1.54, 1.807) is 12.1 Å². The number of anilines is 1. The van der Waals surface area contributed by atoms with Gasteiger partial charge in [-0.3, -0.25) is 39.1 Å². The van der Waals surface area contributed by atoms with E-state index in [1.165, 1.54) is 0 Å². The van der Waals surface area contributed by atoms with Crippen LogP contribution in [0.2, 0.25) is 0 Å². The van der Waals surface area contributed by atoms with Crippen LogP contribution in [0.4, 0.5) is 5.69 Å². The summed E-state index contributed by atoms with van der Waals surface area (Å²) in [4.78, 5) is 73.6. The van der Waals surface area contributed by atoms with Gasteiger partial charge in [-0.2, -0.15) is 0 Å². The van der Waals surface area contributed by atoms with Gasteiger partial charge in [-0.15, -0.1) is 0 Å². The largest absolute Gasteiger partial charge is 0.511 e. The molecule has 6 rings (SSSR count). The van der Waals surface area contributed by atoms with Gasteiger partial charge < -0.3 is 29.1 Å². The first-order valence-corrected chi connectivity index (χ1v) is 19.0. The van der Waals surface area contributed by atoms with E-state index in [0.29, 0.717) is 70.4 Å². The smallest absolute Gasteiger partial charge is 0.262 e. The Balaban J connectivity index is 0.834. The number of carbonyl (C=O) groups is 5. The van der Waals surface area contributed by atoms with Crippen LogP contribution in [-0.2, 0) is 28.7 Å². The highest BCUT2D eigenvalue weighted by Gasteiger charge is 2.45. The highest BCUT2D eigenvalue weighted by atomic mass is 16.6. The van der Waals surface area contributed by atoms with E-state index < -0.39 is 29.7 Å². The van der Waals surface area contributed by atoms with Gasteiger partial charge >= 0.3 is 0 Å². The first-order valence-electron chi connectivity index (χ1n) is 19.0. The van der Waals surface area contributed by atoms with Crippen LogP contribution < -0.4 is 15.0 Å². The Morgan fingerprint density at radius 3 is 2.25 bits per heavy atom. The summed E-state index contributed by atoms with van der Waals surface area (Å²) >= 11 is 0. The normalized spacial score (nSPS) is 21.0. The molecule has 294 valence electrons. The van der Waals surface area contributed by atoms with Crippen LogP contribution in [0.5, 0.6) is 5.75 Å². The van der Waals surface area contributed by atoms with E-state index in [9.17, 15) is 29.1 Å². The second kappa shape index (κ2) is 18.5. The summed E-state index contributed by atoms with van der Waals surface area (Å²) in [7, 11) is 0. The number of nitrogens with zero attached hydrogens (tertiary/aromatic N) is 4. The third-order valence-corrected chi connectivity index (χ3v) is 10.3. The molecule has 0 spiro atoms. The number of allylic oxidation sites excluding steroid dienone is 2. The van der Waals surface area contributed by atoms with Crippen molar-refractivity contribution in [2.45, 2.75) is 57.9 Å². The van der Waals surface area contributed by atoms with Gasteiger partial charge in [0.1, 0.15) is 30.8 Å². The number of piperidine rings is 1. The lowest BCUT2D eigenvalue weighted by Crippen LogP contribution is -2.54. The van der Waals surface area contributed by atoms with Gasteiger partial charge in [0.05, 0.1) is 48.8 Å². The minimum absolute atomic E-state index is 0.0544. The number of hydrogen-bond acceptors (Lipinski definition) is 13. The highest BCUT2D eigenvalue weighted by Crippen LogP contribution is 2.35. The number of benzene rings is 2. The van der Waals surface area contributed by atoms with Gasteiger partial charge in [-0.1, -0.05) is 24.2 Å². The number of Topliss-reactive ketones (excluding diaryl/α,β-unsaturated/α-hetero) is 1.